The predicted octanol–water partition coefficient (Wildman–Crippen LogP) is 2.56. The van der Waals surface area contributed by atoms with Gasteiger partial charge in [0, 0.05) is 24.1 Å². The number of carbonyl (C=O) groups excluding carboxylic acids is 1. The molecule has 140 valence electrons. The summed E-state index contributed by atoms with van der Waals surface area (Å²) in [6.45, 7) is 1.35. The van der Waals surface area contributed by atoms with E-state index in [9.17, 15) is 18.0 Å². The molecule has 27 heavy (non-hydrogen) atoms. The molecule has 9 heteroatoms. The number of methoxy groups -OCH3 is 1. The summed E-state index contributed by atoms with van der Waals surface area (Å²) in [4.78, 5) is 22.4. The van der Waals surface area contributed by atoms with Gasteiger partial charge in [-0.25, -0.2) is 13.2 Å². The van der Waals surface area contributed by atoms with Crippen LogP contribution in [-0.2, 0) is 14.8 Å². The summed E-state index contributed by atoms with van der Waals surface area (Å²) in [5, 5.41) is 3.05. The Kier molecular flexibility index (Phi) is 4.87. The van der Waals surface area contributed by atoms with Crippen molar-refractivity contribution < 1.29 is 22.4 Å². The number of amides is 1. The van der Waals surface area contributed by atoms with Gasteiger partial charge in [0.1, 0.15) is 11.3 Å². The first-order chi connectivity index (χ1) is 12.8. The van der Waals surface area contributed by atoms with Crippen LogP contribution < -0.4 is 20.4 Å². The largest absolute Gasteiger partial charge is 0.495 e. The van der Waals surface area contributed by atoms with E-state index in [0.29, 0.717) is 16.8 Å². The Morgan fingerprint density at radius 2 is 1.85 bits per heavy atom. The van der Waals surface area contributed by atoms with Crippen LogP contribution in [0.4, 0.5) is 11.4 Å². The molecule has 0 aliphatic carbocycles. The van der Waals surface area contributed by atoms with E-state index in [2.05, 4.69) is 10.0 Å². The Morgan fingerprint density at radius 1 is 1.07 bits per heavy atom. The highest BCUT2D eigenvalue weighted by atomic mass is 32.2. The van der Waals surface area contributed by atoms with Crippen molar-refractivity contribution in [1.29, 1.82) is 0 Å². The van der Waals surface area contributed by atoms with Crippen LogP contribution in [0.5, 0.6) is 5.75 Å². The molecule has 3 rings (SSSR count). The van der Waals surface area contributed by atoms with E-state index in [1.165, 1.54) is 56.5 Å². The first-order valence-electron chi connectivity index (χ1n) is 7.81. The summed E-state index contributed by atoms with van der Waals surface area (Å²) in [6.07, 6.45) is 0. The predicted molar refractivity (Wildman–Crippen MR) is 101 cm³/mol. The molecule has 8 nitrogen and oxygen atoms in total. The van der Waals surface area contributed by atoms with E-state index in [0.717, 1.165) is 0 Å². The number of rotatable bonds is 5. The van der Waals surface area contributed by atoms with Gasteiger partial charge in [0.15, 0.2) is 0 Å². The fourth-order valence-electron chi connectivity index (χ4n) is 2.49. The second kappa shape index (κ2) is 7.12. The number of carbonyl (C=O) groups is 1. The highest BCUT2D eigenvalue weighted by Gasteiger charge is 2.18. The molecule has 0 spiro atoms. The molecule has 2 N–H and O–H groups in total. The summed E-state index contributed by atoms with van der Waals surface area (Å²) in [7, 11) is -2.55. The molecule has 0 aliphatic heterocycles. The van der Waals surface area contributed by atoms with Gasteiger partial charge in [-0.15, -0.1) is 0 Å². The smallest absolute Gasteiger partial charge is 0.336 e. The minimum atomic E-state index is -3.96. The third-order valence-electron chi connectivity index (χ3n) is 3.67. The average molecular weight is 388 g/mol. The maximum absolute atomic E-state index is 12.8. The second-order valence-corrected chi connectivity index (χ2v) is 7.34. The minimum absolute atomic E-state index is 0.0177. The Hall–Kier alpha value is -3.33. The number of hydrogen-bond acceptors (Lipinski definition) is 6. The van der Waals surface area contributed by atoms with E-state index < -0.39 is 15.6 Å². The molecule has 0 saturated heterocycles. The van der Waals surface area contributed by atoms with Crippen LogP contribution in [-0.4, -0.2) is 21.4 Å². The highest BCUT2D eigenvalue weighted by Crippen LogP contribution is 2.30. The van der Waals surface area contributed by atoms with Crippen molar-refractivity contribution in [2.24, 2.45) is 0 Å². The molecule has 0 saturated carbocycles. The quantitative estimate of drug-likeness (QED) is 0.649. The van der Waals surface area contributed by atoms with Crippen LogP contribution in [0.3, 0.4) is 0 Å². The number of fused-ring (bicyclic) bond motifs is 1. The maximum atomic E-state index is 12.8. The van der Waals surface area contributed by atoms with Crippen LogP contribution in [0.2, 0.25) is 0 Å². The standard InChI is InChI=1S/C18H16N2O6S/c1-11(21)19-13-4-6-17(25-2)15(10-13)20-27(23,24)14-5-7-16-12(9-14)3-8-18(22)26-16/h3-10,20H,1-2H3,(H,19,21). The molecule has 3 aromatic rings. The van der Waals surface area contributed by atoms with Crippen molar-refractivity contribution in [3.8, 4) is 5.75 Å². The lowest BCUT2D eigenvalue weighted by Crippen LogP contribution is -2.14. The monoisotopic (exact) mass is 388 g/mol. The van der Waals surface area contributed by atoms with Gasteiger partial charge in [0.2, 0.25) is 5.91 Å². The number of hydrogen-bond donors (Lipinski definition) is 2. The third kappa shape index (κ3) is 4.09. The molecule has 1 amide bonds. The lowest BCUT2D eigenvalue weighted by molar-refractivity contribution is -0.114. The average Bonchev–Trinajstić information content (AvgIpc) is 2.60. The van der Waals surface area contributed by atoms with Gasteiger partial charge in [-0.2, -0.15) is 0 Å². The van der Waals surface area contributed by atoms with Crippen LogP contribution >= 0.6 is 0 Å². The SMILES string of the molecule is COc1ccc(NC(C)=O)cc1NS(=O)(=O)c1ccc2oc(=O)ccc2c1. The summed E-state index contributed by atoms with van der Waals surface area (Å²) in [5.74, 6) is 0.00413. The first kappa shape index (κ1) is 18.5. The zero-order valence-electron chi connectivity index (χ0n) is 14.5. The number of ether oxygens (including phenoxy) is 1. The van der Waals surface area contributed by atoms with Gasteiger partial charge in [-0.3, -0.25) is 9.52 Å². The van der Waals surface area contributed by atoms with Crippen molar-refractivity contribution in [2.75, 3.05) is 17.1 Å². The van der Waals surface area contributed by atoms with Crippen molar-refractivity contribution in [3.63, 3.8) is 0 Å². The van der Waals surface area contributed by atoms with Gasteiger partial charge < -0.3 is 14.5 Å². The summed E-state index contributed by atoms with van der Waals surface area (Å²) < 4.78 is 38.2. The van der Waals surface area contributed by atoms with Gasteiger partial charge >= 0.3 is 5.63 Å². The fraction of sp³-hybridized carbons (Fsp3) is 0.111. The Morgan fingerprint density at radius 3 is 2.56 bits per heavy atom. The van der Waals surface area contributed by atoms with Crippen molar-refractivity contribution in [3.05, 3.63) is 59.0 Å². The third-order valence-corrected chi connectivity index (χ3v) is 5.03. The molecule has 0 aliphatic rings. The van der Waals surface area contributed by atoms with Gasteiger partial charge in [0.25, 0.3) is 10.0 Å². The molecule has 0 bridgehead atoms. The fourth-order valence-corrected chi connectivity index (χ4v) is 3.59. The molecular weight excluding hydrogens is 372 g/mol. The van der Waals surface area contributed by atoms with E-state index in [1.807, 2.05) is 0 Å². The Balaban J connectivity index is 1.99. The first-order valence-corrected chi connectivity index (χ1v) is 9.29. The summed E-state index contributed by atoms with van der Waals surface area (Å²) in [6, 6.07) is 11.4. The maximum Gasteiger partial charge on any atom is 0.336 e. The molecule has 0 radical (unpaired) electrons. The van der Waals surface area contributed by atoms with Crippen LogP contribution in [0.15, 0.2) is 62.6 Å². The van der Waals surface area contributed by atoms with Gasteiger partial charge in [-0.1, -0.05) is 0 Å². The van der Waals surface area contributed by atoms with Crippen LogP contribution in [0.25, 0.3) is 11.0 Å². The lowest BCUT2D eigenvalue weighted by Gasteiger charge is -2.14. The number of benzene rings is 2. The zero-order chi connectivity index (χ0) is 19.6. The molecule has 0 unspecified atom stereocenters. The molecular formula is C18H16N2O6S. The Bertz CT molecular complexity index is 1180. The molecule has 2 aromatic carbocycles. The van der Waals surface area contributed by atoms with E-state index in [4.69, 9.17) is 9.15 Å². The highest BCUT2D eigenvalue weighted by molar-refractivity contribution is 7.92. The molecule has 0 fully saturated rings. The van der Waals surface area contributed by atoms with Gasteiger partial charge in [-0.05, 0) is 42.5 Å². The number of anilines is 2. The normalized spacial score (nSPS) is 11.2. The number of nitrogens with one attached hydrogen (secondary N) is 2. The lowest BCUT2D eigenvalue weighted by atomic mass is 10.2. The van der Waals surface area contributed by atoms with Crippen LogP contribution in [0, 0.1) is 0 Å². The van der Waals surface area contributed by atoms with Crippen molar-refractivity contribution in [2.45, 2.75) is 11.8 Å². The van der Waals surface area contributed by atoms with E-state index in [1.54, 1.807) is 6.07 Å². The van der Waals surface area contributed by atoms with E-state index in [-0.39, 0.29) is 22.1 Å². The molecule has 1 heterocycles. The minimum Gasteiger partial charge on any atom is -0.495 e. The molecule has 0 atom stereocenters. The second-order valence-electron chi connectivity index (χ2n) is 5.66. The van der Waals surface area contributed by atoms with Gasteiger partial charge in [0.05, 0.1) is 17.7 Å². The summed E-state index contributed by atoms with van der Waals surface area (Å²) >= 11 is 0. The van der Waals surface area contributed by atoms with E-state index >= 15 is 0 Å². The van der Waals surface area contributed by atoms with Crippen molar-refractivity contribution >= 4 is 38.3 Å². The Labute approximate surface area is 154 Å². The zero-order valence-corrected chi connectivity index (χ0v) is 15.3. The summed E-state index contributed by atoms with van der Waals surface area (Å²) in [5.41, 5.74) is 0.354. The van der Waals surface area contributed by atoms with Crippen LogP contribution in [0.1, 0.15) is 6.92 Å². The number of sulfonamides is 1. The molecule has 1 aromatic heterocycles. The topological polar surface area (TPSA) is 115 Å². The van der Waals surface area contributed by atoms with Crippen molar-refractivity contribution in [1.82, 2.24) is 0 Å².